The number of anilines is 1. The van der Waals surface area contributed by atoms with Crippen molar-refractivity contribution in [2.24, 2.45) is 0 Å². The van der Waals surface area contributed by atoms with Gasteiger partial charge in [-0.25, -0.2) is 4.98 Å². The maximum Gasteiger partial charge on any atom is 0.241 e. The number of nitrogens with one attached hydrogen (secondary N) is 2. The summed E-state index contributed by atoms with van der Waals surface area (Å²) in [4.78, 5) is 18.8. The quantitative estimate of drug-likeness (QED) is 0.793. The predicted octanol–water partition coefficient (Wildman–Crippen LogP) is 1.33. The van der Waals surface area contributed by atoms with Gasteiger partial charge in [-0.1, -0.05) is 11.6 Å². The van der Waals surface area contributed by atoms with Crippen molar-refractivity contribution in [3.8, 4) is 0 Å². The molecule has 0 bridgehead atoms. The van der Waals surface area contributed by atoms with Gasteiger partial charge in [0.2, 0.25) is 11.2 Å². The van der Waals surface area contributed by atoms with E-state index in [0.29, 0.717) is 10.8 Å². The lowest BCUT2D eigenvalue weighted by Crippen LogP contribution is -2.35. The normalized spacial score (nSPS) is 12.0. The molecule has 5 nitrogen and oxygen atoms in total. The van der Waals surface area contributed by atoms with Crippen LogP contribution in [0.3, 0.4) is 0 Å². The third kappa shape index (κ3) is 3.21. The van der Waals surface area contributed by atoms with E-state index in [1.165, 1.54) is 6.20 Å². The highest BCUT2D eigenvalue weighted by Crippen LogP contribution is 2.19. The Morgan fingerprint density at radius 1 is 1.53 bits per heavy atom. The lowest BCUT2D eigenvalue weighted by molar-refractivity contribution is -0.121. The highest BCUT2D eigenvalue weighted by molar-refractivity contribution is 6.33. The van der Waals surface area contributed by atoms with Gasteiger partial charge in [0.25, 0.3) is 0 Å². The zero-order chi connectivity index (χ0) is 11.4. The van der Waals surface area contributed by atoms with Crippen LogP contribution in [0.1, 0.15) is 6.92 Å². The Hall–Kier alpha value is -1.07. The van der Waals surface area contributed by atoms with Crippen LogP contribution in [0.25, 0.3) is 0 Å². The molecule has 82 valence electrons. The maximum absolute atomic E-state index is 11.2. The van der Waals surface area contributed by atoms with E-state index in [-0.39, 0.29) is 11.2 Å². The number of halogens is 2. The summed E-state index contributed by atoms with van der Waals surface area (Å²) in [6, 6.07) is -0.446. The fourth-order valence-corrected chi connectivity index (χ4v) is 1.21. The maximum atomic E-state index is 11.2. The molecule has 1 heterocycles. The van der Waals surface area contributed by atoms with Gasteiger partial charge in [-0.2, -0.15) is 4.98 Å². The third-order valence-corrected chi connectivity index (χ3v) is 2.17. The van der Waals surface area contributed by atoms with E-state index < -0.39 is 6.04 Å². The van der Waals surface area contributed by atoms with E-state index in [1.807, 2.05) is 0 Å². The molecule has 0 aromatic carbocycles. The largest absolute Gasteiger partial charge is 0.357 e. The molecule has 7 heteroatoms. The minimum absolute atomic E-state index is 0.0750. The predicted molar refractivity (Wildman–Crippen MR) is 59.2 cm³/mol. The van der Waals surface area contributed by atoms with E-state index >= 15 is 0 Å². The van der Waals surface area contributed by atoms with Gasteiger partial charge in [0.15, 0.2) is 5.82 Å². The van der Waals surface area contributed by atoms with Crippen molar-refractivity contribution in [3.63, 3.8) is 0 Å². The van der Waals surface area contributed by atoms with Crippen LogP contribution in [0.2, 0.25) is 10.3 Å². The van der Waals surface area contributed by atoms with Gasteiger partial charge in [-0.15, -0.1) is 0 Å². The first-order valence-corrected chi connectivity index (χ1v) is 4.96. The lowest BCUT2D eigenvalue weighted by atomic mass is 10.3. The monoisotopic (exact) mass is 248 g/mol. The summed E-state index contributed by atoms with van der Waals surface area (Å²) < 4.78 is 0. The second-order valence-electron chi connectivity index (χ2n) is 2.82. The highest BCUT2D eigenvalue weighted by Gasteiger charge is 2.13. The molecular weight excluding hydrogens is 239 g/mol. The van der Waals surface area contributed by atoms with Crippen molar-refractivity contribution in [2.75, 3.05) is 12.4 Å². The Bertz CT molecular complexity index is 372. The fraction of sp³-hybridized carbons (Fsp3) is 0.375. The summed E-state index contributed by atoms with van der Waals surface area (Å²) in [6.07, 6.45) is 1.37. The number of amides is 1. The Morgan fingerprint density at radius 3 is 2.80 bits per heavy atom. The van der Waals surface area contributed by atoms with Crippen LogP contribution in [-0.4, -0.2) is 29.0 Å². The van der Waals surface area contributed by atoms with Crippen LogP contribution in [0.4, 0.5) is 5.82 Å². The fourth-order valence-electron chi connectivity index (χ4n) is 0.934. The molecule has 2 N–H and O–H groups in total. The molecule has 0 aliphatic carbocycles. The molecule has 1 aromatic rings. The third-order valence-electron chi connectivity index (χ3n) is 1.71. The molecule has 0 radical (unpaired) electrons. The number of hydrogen-bond acceptors (Lipinski definition) is 4. The summed E-state index contributed by atoms with van der Waals surface area (Å²) in [5.41, 5.74) is 0. The first kappa shape index (κ1) is 12.0. The van der Waals surface area contributed by atoms with Crippen LogP contribution in [-0.2, 0) is 4.79 Å². The van der Waals surface area contributed by atoms with E-state index in [4.69, 9.17) is 23.2 Å². The zero-order valence-electron chi connectivity index (χ0n) is 8.21. The Kier molecular flexibility index (Phi) is 4.11. The molecule has 0 aliphatic rings. The first-order valence-electron chi connectivity index (χ1n) is 4.20. The lowest BCUT2D eigenvalue weighted by Gasteiger charge is -2.13. The molecule has 0 saturated carbocycles. The number of hydrogen-bond donors (Lipinski definition) is 2. The molecule has 1 aromatic heterocycles. The molecular formula is C8H10Cl2N4O. The molecule has 0 saturated heterocycles. The van der Waals surface area contributed by atoms with Gasteiger partial charge in [-0.05, 0) is 18.5 Å². The van der Waals surface area contributed by atoms with Crippen LogP contribution < -0.4 is 10.6 Å². The zero-order valence-corrected chi connectivity index (χ0v) is 9.73. The van der Waals surface area contributed by atoms with Gasteiger partial charge >= 0.3 is 0 Å². The minimum atomic E-state index is -0.446. The Labute approximate surface area is 97.2 Å². The number of likely N-dealkylation sites (N-methyl/N-ethyl adjacent to an activating group) is 1. The second kappa shape index (κ2) is 5.14. The SMILES string of the molecule is CNC(=O)C(C)Nc1nc(Cl)ncc1Cl. The van der Waals surface area contributed by atoms with Crippen molar-refractivity contribution in [1.82, 2.24) is 15.3 Å². The van der Waals surface area contributed by atoms with Crippen LogP contribution in [0.15, 0.2) is 6.20 Å². The molecule has 1 rings (SSSR count). The molecule has 1 amide bonds. The summed E-state index contributed by atoms with van der Waals surface area (Å²) in [7, 11) is 1.55. The van der Waals surface area contributed by atoms with Crippen LogP contribution in [0.5, 0.6) is 0 Å². The molecule has 0 aliphatic heterocycles. The van der Waals surface area contributed by atoms with E-state index in [1.54, 1.807) is 14.0 Å². The number of carbonyl (C=O) groups excluding carboxylic acids is 1. The number of rotatable bonds is 3. The van der Waals surface area contributed by atoms with Gasteiger partial charge in [0.05, 0.1) is 6.20 Å². The van der Waals surface area contributed by atoms with Crippen molar-refractivity contribution < 1.29 is 4.79 Å². The van der Waals surface area contributed by atoms with Crippen molar-refractivity contribution in [1.29, 1.82) is 0 Å². The summed E-state index contributed by atoms with van der Waals surface area (Å²) >= 11 is 11.4. The van der Waals surface area contributed by atoms with Crippen molar-refractivity contribution >= 4 is 34.9 Å². The molecule has 15 heavy (non-hydrogen) atoms. The average molecular weight is 249 g/mol. The van der Waals surface area contributed by atoms with Gasteiger partial charge in [-0.3, -0.25) is 4.79 Å². The molecule has 1 unspecified atom stereocenters. The van der Waals surface area contributed by atoms with Crippen molar-refractivity contribution in [3.05, 3.63) is 16.5 Å². The van der Waals surface area contributed by atoms with Crippen molar-refractivity contribution in [2.45, 2.75) is 13.0 Å². The van der Waals surface area contributed by atoms with Gasteiger partial charge in [0, 0.05) is 7.05 Å². The summed E-state index contributed by atoms with van der Waals surface area (Å²) in [5, 5.41) is 5.71. The topological polar surface area (TPSA) is 66.9 Å². The number of nitrogens with zero attached hydrogens (tertiary/aromatic N) is 2. The molecule has 1 atom stereocenters. The van der Waals surface area contributed by atoms with Crippen LogP contribution >= 0.6 is 23.2 Å². The molecule has 0 spiro atoms. The summed E-state index contributed by atoms with van der Waals surface area (Å²) in [6.45, 7) is 1.69. The first-order chi connectivity index (χ1) is 7.04. The standard InChI is InChI=1S/C8H10Cl2N4O/c1-4(7(15)11-2)13-6-5(9)3-12-8(10)14-6/h3-4H,1-2H3,(H,11,15)(H,12,13,14). The van der Waals surface area contributed by atoms with Gasteiger partial charge in [0.1, 0.15) is 11.1 Å². The van der Waals surface area contributed by atoms with Crippen LogP contribution in [0, 0.1) is 0 Å². The van der Waals surface area contributed by atoms with Gasteiger partial charge < -0.3 is 10.6 Å². The van der Waals surface area contributed by atoms with E-state index in [0.717, 1.165) is 0 Å². The average Bonchev–Trinajstić information content (AvgIpc) is 2.22. The highest BCUT2D eigenvalue weighted by atomic mass is 35.5. The minimum Gasteiger partial charge on any atom is -0.357 e. The number of aromatic nitrogens is 2. The second-order valence-corrected chi connectivity index (χ2v) is 3.56. The number of carbonyl (C=O) groups is 1. The van der Waals surface area contributed by atoms with E-state index in [2.05, 4.69) is 20.6 Å². The smallest absolute Gasteiger partial charge is 0.241 e. The summed E-state index contributed by atoms with van der Waals surface area (Å²) in [5.74, 6) is 0.175. The Morgan fingerprint density at radius 2 is 2.20 bits per heavy atom. The van der Waals surface area contributed by atoms with E-state index in [9.17, 15) is 4.79 Å². The Balaban J connectivity index is 2.80. The molecule has 0 fully saturated rings.